The van der Waals surface area contributed by atoms with E-state index in [-0.39, 0.29) is 0 Å². The third-order valence-electron chi connectivity index (χ3n) is 4.66. The van der Waals surface area contributed by atoms with Crippen molar-refractivity contribution in [2.24, 2.45) is 0 Å². The van der Waals surface area contributed by atoms with Gasteiger partial charge < -0.3 is 0 Å². The van der Waals surface area contributed by atoms with Crippen molar-refractivity contribution in [2.75, 3.05) is 0 Å². The highest BCUT2D eigenvalue weighted by Crippen LogP contribution is 2.48. The summed E-state index contributed by atoms with van der Waals surface area (Å²) in [5.74, 6) is 0. The van der Waals surface area contributed by atoms with Crippen LogP contribution in [0.2, 0.25) is 13.1 Å². The molecule has 0 saturated heterocycles. The van der Waals surface area contributed by atoms with Crippen LogP contribution in [0.1, 0.15) is 24.5 Å². The van der Waals surface area contributed by atoms with Gasteiger partial charge in [0.1, 0.15) is 8.07 Å². The third kappa shape index (κ3) is 1.02. The Balaban J connectivity index is 2.25. The van der Waals surface area contributed by atoms with Crippen molar-refractivity contribution in [1.29, 1.82) is 0 Å². The summed E-state index contributed by atoms with van der Waals surface area (Å²) in [6.45, 7) is 7.31. The van der Waals surface area contributed by atoms with E-state index < -0.39 is 8.07 Å². The number of allylic oxidation sites excluding steroid dienone is 1. The van der Waals surface area contributed by atoms with E-state index in [1.165, 1.54) is 22.8 Å². The quantitative estimate of drug-likeness (QED) is 0.669. The summed E-state index contributed by atoms with van der Waals surface area (Å²) in [5.41, 5.74) is 4.63. The van der Waals surface area contributed by atoms with E-state index in [9.17, 15) is 0 Å². The molecule has 0 N–H and O–H groups in total. The van der Waals surface area contributed by atoms with Crippen LogP contribution in [0.5, 0.6) is 0 Å². The van der Waals surface area contributed by atoms with E-state index >= 15 is 0 Å². The Morgan fingerprint density at radius 2 is 1.78 bits per heavy atom. The Labute approximate surface area is 109 Å². The van der Waals surface area contributed by atoms with E-state index in [4.69, 9.17) is 0 Å². The van der Waals surface area contributed by atoms with Gasteiger partial charge in [-0.3, -0.25) is 0 Å². The van der Waals surface area contributed by atoms with Crippen molar-refractivity contribution in [3.8, 4) is 0 Å². The van der Waals surface area contributed by atoms with E-state index in [1.807, 2.05) is 0 Å². The van der Waals surface area contributed by atoms with Gasteiger partial charge in [-0.05, 0) is 38.7 Å². The average molecular weight is 249 g/mol. The highest BCUT2D eigenvalue weighted by molar-refractivity contribution is 7.07. The highest BCUT2D eigenvalue weighted by Gasteiger charge is 2.43. The van der Waals surface area contributed by atoms with Crippen LogP contribution in [0.25, 0.3) is 16.0 Å². The molecule has 2 aromatic carbocycles. The fourth-order valence-corrected chi connectivity index (χ4v) is 7.49. The average Bonchev–Trinajstić information content (AvgIpc) is 2.72. The number of benzene rings is 2. The van der Waals surface area contributed by atoms with E-state index in [0.29, 0.717) is 0 Å². The molecule has 2 aromatic rings. The van der Waals surface area contributed by atoms with Gasteiger partial charge in [0.15, 0.2) is 0 Å². The van der Waals surface area contributed by atoms with Crippen LogP contribution in [0.3, 0.4) is 0 Å². The first kappa shape index (κ1) is 10.6. The molecule has 1 radical (unpaired) electrons. The molecule has 0 aromatic heterocycles. The molecule has 2 heterocycles. The molecule has 4 bridgehead atoms. The zero-order chi connectivity index (χ0) is 12.5. The van der Waals surface area contributed by atoms with Gasteiger partial charge in [0.2, 0.25) is 0 Å². The molecule has 0 spiro atoms. The zero-order valence-corrected chi connectivity index (χ0v) is 12.2. The predicted molar refractivity (Wildman–Crippen MR) is 81.7 cm³/mol. The molecule has 0 saturated carbocycles. The van der Waals surface area contributed by atoms with Crippen molar-refractivity contribution in [2.45, 2.75) is 26.4 Å². The molecule has 89 valence electrons. The lowest BCUT2D eigenvalue weighted by Gasteiger charge is -2.34. The van der Waals surface area contributed by atoms with Crippen molar-refractivity contribution in [1.82, 2.24) is 0 Å². The molecule has 3 aliphatic rings. The first-order valence-corrected chi connectivity index (χ1v) is 9.79. The van der Waals surface area contributed by atoms with Gasteiger partial charge in [-0.2, -0.15) is 0 Å². The summed E-state index contributed by atoms with van der Waals surface area (Å²) < 4.78 is 0. The monoisotopic (exact) mass is 249 g/mol. The fourth-order valence-electron chi connectivity index (χ4n) is 3.85. The molecule has 18 heavy (non-hydrogen) atoms. The SMILES string of the molecule is CCC1=C2c3c(cc(c4ccccc34)[Si]2(C)C)[CH]1. The van der Waals surface area contributed by atoms with Crippen molar-refractivity contribution < 1.29 is 0 Å². The molecule has 5 rings (SSSR count). The maximum atomic E-state index is 2.51. The zero-order valence-electron chi connectivity index (χ0n) is 11.2. The molecule has 1 heteroatoms. The number of rotatable bonds is 1. The van der Waals surface area contributed by atoms with E-state index in [2.05, 4.69) is 56.8 Å². The van der Waals surface area contributed by atoms with Gasteiger partial charge in [0.05, 0.1) is 0 Å². The van der Waals surface area contributed by atoms with Gasteiger partial charge in [0, 0.05) is 6.42 Å². The summed E-state index contributed by atoms with van der Waals surface area (Å²) in [6.07, 6.45) is 3.60. The lowest BCUT2D eigenvalue weighted by atomic mass is 10.00. The van der Waals surface area contributed by atoms with Gasteiger partial charge >= 0.3 is 0 Å². The third-order valence-corrected chi connectivity index (χ3v) is 8.24. The first-order chi connectivity index (χ1) is 8.64. The minimum absolute atomic E-state index is 1.17. The minimum atomic E-state index is -1.44. The first-order valence-electron chi connectivity index (χ1n) is 6.79. The standard InChI is InChI=1S/C17H17Si/c1-4-11-9-12-10-15-13-7-5-6-8-14(13)16(12)17(11)18(15,2)3/h5-10H,4H2,1-3H3. The molecule has 0 amide bonds. The van der Waals surface area contributed by atoms with Crippen LogP contribution in [0, 0.1) is 6.42 Å². The molecular weight excluding hydrogens is 232 g/mol. The summed E-state index contributed by atoms with van der Waals surface area (Å²) in [6, 6.07) is 11.4. The molecule has 0 fully saturated rings. The molecular formula is C17H17Si. The largest absolute Gasteiger partial charge is 0.113 e. The van der Waals surface area contributed by atoms with E-state index in [0.717, 1.165) is 0 Å². The Hall–Kier alpha value is -1.34. The lowest BCUT2D eigenvalue weighted by molar-refractivity contribution is 1.14. The smallest absolute Gasteiger partial charge is 0.0617 e. The van der Waals surface area contributed by atoms with Crippen LogP contribution in [0.4, 0.5) is 0 Å². The van der Waals surface area contributed by atoms with Crippen LogP contribution < -0.4 is 5.19 Å². The molecule has 0 nitrogen and oxygen atoms in total. The number of hydrogen-bond acceptors (Lipinski definition) is 0. The Morgan fingerprint density at radius 3 is 2.50 bits per heavy atom. The van der Waals surface area contributed by atoms with Gasteiger partial charge in [-0.25, -0.2) is 0 Å². The summed E-state index contributed by atoms with van der Waals surface area (Å²) in [4.78, 5) is 0. The maximum Gasteiger partial charge on any atom is 0.113 e. The molecule has 0 unspecified atom stereocenters. The topological polar surface area (TPSA) is 0 Å². The second kappa shape index (κ2) is 3.15. The summed E-state index contributed by atoms with van der Waals surface area (Å²) in [5, 5.41) is 6.34. The fraction of sp³-hybridized carbons (Fsp3) is 0.235. The van der Waals surface area contributed by atoms with Crippen molar-refractivity contribution in [3.05, 3.63) is 53.5 Å². The second-order valence-electron chi connectivity index (χ2n) is 5.96. The predicted octanol–water partition coefficient (Wildman–Crippen LogP) is 4.04. The summed E-state index contributed by atoms with van der Waals surface area (Å²) in [7, 11) is -1.44. The molecule has 0 atom stereocenters. The van der Waals surface area contributed by atoms with Gasteiger partial charge in [0.25, 0.3) is 0 Å². The van der Waals surface area contributed by atoms with Crippen molar-refractivity contribution >= 4 is 29.2 Å². The maximum absolute atomic E-state index is 2.51. The summed E-state index contributed by atoms with van der Waals surface area (Å²) >= 11 is 0. The highest BCUT2D eigenvalue weighted by atomic mass is 28.3. The van der Waals surface area contributed by atoms with Crippen LogP contribution >= 0.6 is 0 Å². The minimum Gasteiger partial charge on any atom is -0.0617 e. The Morgan fingerprint density at radius 1 is 1.06 bits per heavy atom. The number of hydrogen-bond donors (Lipinski definition) is 0. The Bertz CT molecular complexity index is 720. The van der Waals surface area contributed by atoms with Crippen molar-refractivity contribution in [3.63, 3.8) is 0 Å². The normalized spacial score (nSPS) is 19.1. The molecule has 2 aliphatic heterocycles. The Kier molecular flexibility index (Phi) is 1.85. The van der Waals surface area contributed by atoms with Crippen LogP contribution in [-0.4, -0.2) is 8.07 Å². The van der Waals surface area contributed by atoms with Crippen LogP contribution in [-0.2, 0) is 0 Å². The second-order valence-corrected chi connectivity index (χ2v) is 10.2. The lowest BCUT2D eigenvalue weighted by Crippen LogP contribution is -2.46. The van der Waals surface area contributed by atoms with Gasteiger partial charge in [-0.15, -0.1) is 0 Å². The van der Waals surface area contributed by atoms with Gasteiger partial charge in [-0.1, -0.05) is 55.9 Å². The van der Waals surface area contributed by atoms with E-state index in [1.54, 1.807) is 21.5 Å². The van der Waals surface area contributed by atoms with Crippen LogP contribution in [0.15, 0.2) is 35.9 Å². The molecule has 1 aliphatic carbocycles.